The Morgan fingerprint density at radius 3 is 2.85 bits per heavy atom. The summed E-state index contributed by atoms with van der Waals surface area (Å²) in [7, 11) is 0. The van der Waals surface area contributed by atoms with Gasteiger partial charge in [-0.15, -0.1) is 0 Å². The third-order valence-electron chi connectivity index (χ3n) is 3.59. The van der Waals surface area contributed by atoms with E-state index in [-0.39, 0.29) is 0 Å². The maximum absolute atomic E-state index is 5.67. The van der Waals surface area contributed by atoms with Crippen molar-refractivity contribution in [2.45, 2.75) is 19.3 Å². The molecule has 2 aliphatic heterocycles. The Bertz CT molecular complexity index is 446. The van der Waals surface area contributed by atoms with Gasteiger partial charge in [0, 0.05) is 25.6 Å². The Hall–Kier alpha value is -1.67. The number of anilines is 2. The number of hydrazine groups is 1. The van der Waals surface area contributed by atoms with Gasteiger partial charge in [-0.25, -0.2) is 5.84 Å². The van der Waals surface area contributed by atoms with Crippen molar-refractivity contribution in [2.24, 2.45) is 11.8 Å². The van der Waals surface area contributed by atoms with Crippen LogP contribution in [0, 0.1) is 5.92 Å². The fourth-order valence-corrected chi connectivity index (χ4v) is 2.44. The van der Waals surface area contributed by atoms with E-state index < -0.39 is 0 Å². The first kappa shape index (κ1) is 13.3. The van der Waals surface area contributed by atoms with Crippen LogP contribution in [-0.4, -0.2) is 47.9 Å². The second-order valence-corrected chi connectivity index (χ2v) is 5.12. The summed E-state index contributed by atoms with van der Waals surface area (Å²) in [5.74, 6) is 6.78. The van der Waals surface area contributed by atoms with Gasteiger partial charge in [0.1, 0.15) is 0 Å². The number of hydrogen-bond acceptors (Lipinski definition) is 8. The molecule has 110 valence electrons. The Balaban J connectivity index is 1.69. The maximum atomic E-state index is 5.67. The number of hydrogen-bond donors (Lipinski definition) is 2. The van der Waals surface area contributed by atoms with Crippen LogP contribution in [-0.2, 0) is 4.74 Å². The van der Waals surface area contributed by atoms with Gasteiger partial charge in [-0.1, -0.05) is 0 Å². The quantitative estimate of drug-likeness (QED) is 0.582. The fraction of sp³-hybridized carbons (Fsp3) is 0.750. The zero-order valence-electron chi connectivity index (χ0n) is 11.4. The number of aromatic nitrogens is 3. The van der Waals surface area contributed by atoms with E-state index in [1.165, 1.54) is 0 Å². The van der Waals surface area contributed by atoms with E-state index in [4.69, 9.17) is 15.3 Å². The predicted molar refractivity (Wildman–Crippen MR) is 73.5 cm³/mol. The largest absolute Gasteiger partial charge is 0.463 e. The summed E-state index contributed by atoms with van der Waals surface area (Å²) in [5.41, 5.74) is 2.47. The van der Waals surface area contributed by atoms with Crippen molar-refractivity contribution in [3.63, 3.8) is 0 Å². The number of nitrogen functional groups attached to an aromatic ring is 1. The molecule has 0 bridgehead atoms. The minimum atomic E-state index is 0.321. The minimum absolute atomic E-state index is 0.321. The zero-order valence-corrected chi connectivity index (χ0v) is 11.4. The molecular weight excluding hydrogens is 260 g/mol. The first-order chi connectivity index (χ1) is 9.85. The molecule has 3 N–H and O–H groups in total. The van der Waals surface area contributed by atoms with Gasteiger partial charge in [0.15, 0.2) is 0 Å². The van der Waals surface area contributed by atoms with Crippen molar-refractivity contribution in [1.82, 2.24) is 15.0 Å². The highest BCUT2D eigenvalue weighted by molar-refractivity contribution is 5.38. The van der Waals surface area contributed by atoms with Crippen LogP contribution >= 0.6 is 0 Å². The van der Waals surface area contributed by atoms with E-state index in [1.54, 1.807) is 0 Å². The molecular formula is C12H20N6O2. The van der Waals surface area contributed by atoms with E-state index in [0.29, 0.717) is 30.4 Å². The van der Waals surface area contributed by atoms with Crippen molar-refractivity contribution in [3.8, 4) is 6.01 Å². The standard InChI is InChI=1S/C12H20N6O2/c13-17-10-14-11(18-4-1-2-5-18)16-12(15-10)20-8-9-3-6-19-7-9/h9H,1-8,13H2,(H,14,15,16,17). The molecule has 3 heterocycles. The molecule has 0 spiro atoms. The molecule has 3 rings (SSSR count). The molecule has 1 atom stereocenters. The molecule has 0 aromatic carbocycles. The van der Waals surface area contributed by atoms with Gasteiger partial charge in [-0.3, -0.25) is 5.43 Å². The monoisotopic (exact) mass is 280 g/mol. The number of rotatable bonds is 5. The number of ether oxygens (including phenoxy) is 2. The molecule has 20 heavy (non-hydrogen) atoms. The lowest BCUT2D eigenvalue weighted by Crippen LogP contribution is -2.23. The van der Waals surface area contributed by atoms with Crippen molar-refractivity contribution >= 4 is 11.9 Å². The molecule has 0 saturated carbocycles. The molecule has 1 aromatic rings. The number of nitrogens with one attached hydrogen (secondary N) is 1. The third kappa shape index (κ3) is 3.07. The highest BCUT2D eigenvalue weighted by Gasteiger charge is 2.20. The summed E-state index contributed by atoms with van der Waals surface area (Å²) in [6.07, 6.45) is 3.34. The fourth-order valence-electron chi connectivity index (χ4n) is 2.44. The summed E-state index contributed by atoms with van der Waals surface area (Å²) in [4.78, 5) is 14.9. The van der Waals surface area contributed by atoms with Gasteiger partial charge < -0.3 is 14.4 Å². The summed E-state index contributed by atoms with van der Waals surface area (Å²) >= 11 is 0. The van der Waals surface area contributed by atoms with Gasteiger partial charge in [-0.05, 0) is 19.3 Å². The van der Waals surface area contributed by atoms with Crippen LogP contribution in [0.25, 0.3) is 0 Å². The molecule has 8 nitrogen and oxygen atoms in total. The SMILES string of the molecule is NNc1nc(OCC2CCOC2)nc(N2CCCC2)n1. The molecule has 0 aliphatic carbocycles. The van der Waals surface area contributed by atoms with Gasteiger partial charge in [0.2, 0.25) is 11.9 Å². The highest BCUT2D eigenvalue weighted by atomic mass is 16.5. The average molecular weight is 280 g/mol. The molecule has 1 aromatic heterocycles. The summed E-state index contributed by atoms with van der Waals surface area (Å²) in [6.45, 7) is 4.03. The molecule has 8 heteroatoms. The van der Waals surface area contributed by atoms with Crippen LogP contribution in [0.3, 0.4) is 0 Å². The maximum Gasteiger partial charge on any atom is 0.323 e. The van der Waals surface area contributed by atoms with Crippen LogP contribution in [0.5, 0.6) is 6.01 Å². The van der Waals surface area contributed by atoms with Gasteiger partial charge in [0.05, 0.1) is 13.2 Å². The van der Waals surface area contributed by atoms with Gasteiger partial charge in [0.25, 0.3) is 0 Å². The van der Waals surface area contributed by atoms with Crippen LogP contribution in [0.15, 0.2) is 0 Å². The molecule has 2 fully saturated rings. The van der Waals surface area contributed by atoms with Crippen LogP contribution in [0.1, 0.15) is 19.3 Å². The second kappa shape index (κ2) is 6.19. The lowest BCUT2D eigenvalue weighted by atomic mass is 10.1. The van der Waals surface area contributed by atoms with E-state index >= 15 is 0 Å². The summed E-state index contributed by atoms with van der Waals surface area (Å²) in [6, 6.07) is 0.321. The van der Waals surface area contributed by atoms with E-state index in [9.17, 15) is 0 Å². The second-order valence-electron chi connectivity index (χ2n) is 5.12. The lowest BCUT2D eigenvalue weighted by molar-refractivity contribution is 0.163. The van der Waals surface area contributed by atoms with E-state index in [1.807, 2.05) is 0 Å². The zero-order chi connectivity index (χ0) is 13.8. The van der Waals surface area contributed by atoms with Crippen molar-refractivity contribution in [1.29, 1.82) is 0 Å². The number of nitrogens with two attached hydrogens (primary N) is 1. The smallest absolute Gasteiger partial charge is 0.323 e. The van der Waals surface area contributed by atoms with Crippen molar-refractivity contribution in [3.05, 3.63) is 0 Å². The Kier molecular flexibility index (Phi) is 4.12. The van der Waals surface area contributed by atoms with E-state index in [2.05, 4.69) is 25.3 Å². The molecule has 0 amide bonds. The molecule has 2 saturated heterocycles. The molecule has 0 radical (unpaired) electrons. The normalized spacial score (nSPS) is 22.2. The molecule has 1 unspecified atom stereocenters. The van der Waals surface area contributed by atoms with Gasteiger partial charge >= 0.3 is 6.01 Å². The van der Waals surface area contributed by atoms with Crippen LogP contribution in [0.2, 0.25) is 0 Å². The highest BCUT2D eigenvalue weighted by Crippen LogP contribution is 2.20. The Labute approximate surface area is 117 Å². The topological polar surface area (TPSA) is 98.4 Å². The van der Waals surface area contributed by atoms with E-state index in [0.717, 1.165) is 45.6 Å². The third-order valence-corrected chi connectivity index (χ3v) is 3.59. The average Bonchev–Trinajstić information content (AvgIpc) is 3.17. The van der Waals surface area contributed by atoms with Crippen molar-refractivity contribution in [2.75, 3.05) is 43.2 Å². The first-order valence-corrected chi connectivity index (χ1v) is 7.03. The predicted octanol–water partition coefficient (Wildman–Crippen LogP) is 0.173. The van der Waals surface area contributed by atoms with Gasteiger partial charge in [-0.2, -0.15) is 15.0 Å². The van der Waals surface area contributed by atoms with Crippen molar-refractivity contribution < 1.29 is 9.47 Å². The van der Waals surface area contributed by atoms with Crippen LogP contribution in [0.4, 0.5) is 11.9 Å². The Morgan fingerprint density at radius 2 is 2.15 bits per heavy atom. The molecule has 2 aliphatic rings. The summed E-state index contributed by atoms with van der Waals surface area (Å²) in [5, 5.41) is 0. The first-order valence-electron chi connectivity index (χ1n) is 7.03. The Morgan fingerprint density at radius 1 is 1.30 bits per heavy atom. The lowest BCUT2D eigenvalue weighted by Gasteiger charge is -2.16. The summed E-state index contributed by atoms with van der Waals surface area (Å²) < 4.78 is 11.0. The van der Waals surface area contributed by atoms with Crippen LogP contribution < -0.4 is 20.9 Å². The number of nitrogens with zero attached hydrogens (tertiary/aromatic N) is 4. The minimum Gasteiger partial charge on any atom is -0.463 e.